The SMILES string of the molecule is O=S(=O)(Nc1ncccc1Br)c1cc(Cl)sc1Cl. The molecular formula is C9H5BrCl2N2O2S2. The lowest BCUT2D eigenvalue weighted by molar-refractivity contribution is 0.601. The van der Waals surface area contributed by atoms with Gasteiger partial charge in [0.05, 0.1) is 8.81 Å². The smallest absolute Gasteiger partial charge is 0.262 e. The highest BCUT2D eigenvalue weighted by atomic mass is 79.9. The van der Waals surface area contributed by atoms with E-state index in [2.05, 4.69) is 25.6 Å². The second kappa shape index (κ2) is 5.34. The predicted molar refractivity (Wildman–Crippen MR) is 77.1 cm³/mol. The largest absolute Gasteiger partial charge is 0.265 e. The van der Waals surface area contributed by atoms with Crippen molar-refractivity contribution in [3.05, 3.63) is 37.5 Å². The van der Waals surface area contributed by atoms with E-state index >= 15 is 0 Å². The number of hydrogen-bond acceptors (Lipinski definition) is 4. The first kappa shape index (κ1) is 14.1. The average molecular weight is 388 g/mol. The molecule has 4 nitrogen and oxygen atoms in total. The summed E-state index contributed by atoms with van der Waals surface area (Å²) in [4.78, 5) is 3.86. The Morgan fingerprint density at radius 1 is 1.39 bits per heavy atom. The summed E-state index contributed by atoms with van der Waals surface area (Å²) in [6, 6.07) is 4.65. The number of thiophene rings is 1. The molecule has 0 radical (unpaired) electrons. The molecule has 0 aliphatic carbocycles. The summed E-state index contributed by atoms with van der Waals surface area (Å²) in [7, 11) is -3.79. The van der Waals surface area contributed by atoms with Crippen LogP contribution in [-0.2, 0) is 10.0 Å². The predicted octanol–water partition coefficient (Wildman–Crippen LogP) is 4.01. The van der Waals surface area contributed by atoms with Gasteiger partial charge in [-0.15, -0.1) is 11.3 Å². The molecule has 9 heteroatoms. The van der Waals surface area contributed by atoms with Crippen molar-refractivity contribution in [1.29, 1.82) is 0 Å². The van der Waals surface area contributed by atoms with Crippen molar-refractivity contribution < 1.29 is 8.42 Å². The van der Waals surface area contributed by atoms with Gasteiger partial charge >= 0.3 is 0 Å². The van der Waals surface area contributed by atoms with Gasteiger partial charge in [0.1, 0.15) is 9.23 Å². The molecule has 0 amide bonds. The van der Waals surface area contributed by atoms with Crippen LogP contribution in [0.3, 0.4) is 0 Å². The van der Waals surface area contributed by atoms with Gasteiger partial charge in [-0.05, 0) is 34.1 Å². The van der Waals surface area contributed by atoms with Crippen LogP contribution in [-0.4, -0.2) is 13.4 Å². The zero-order valence-electron chi connectivity index (χ0n) is 8.52. The Balaban J connectivity index is 2.40. The van der Waals surface area contributed by atoms with Gasteiger partial charge in [0, 0.05) is 6.20 Å². The minimum Gasteiger partial charge on any atom is -0.262 e. The summed E-state index contributed by atoms with van der Waals surface area (Å²) in [6.07, 6.45) is 1.48. The lowest BCUT2D eigenvalue weighted by Crippen LogP contribution is -2.13. The van der Waals surface area contributed by atoms with Crippen LogP contribution in [0.15, 0.2) is 33.8 Å². The molecule has 0 fully saturated rings. The van der Waals surface area contributed by atoms with Gasteiger partial charge in [-0.1, -0.05) is 23.2 Å². The lowest BCUT2D eigenvalue weighted by atomic mass is 10.5. The third-order valence-corrected chi connectivity index (χ3v) is 5.64. The van der Waals surface area contributed by atoms with Crippen molar-refractivity contribution in [2.24, 2.45) is 0 Å². The van der Waals surface area contributed by atoms with E-state index in [-0.39, 0.29) is 15.0 Å². The summed E-state index contributed by atoms with van der Waals surface area (Å²) < 4.78 is 27.4. The molecule has 0 aliphatic heterocycles. The van der Waals surface area contributed by atoms with E-state index < -0.39 is 10.0 Å². The Morgan fingerprint density at radius 3 is 2.67 bits per heavy atom. The highest BCUT2D eigenvalue weighted by molar-refractivity contribution is 9.10. The van der Waals surface area contributed by atoms with Crippen molar-refractivity contribution in [2.45, 2.75) is 4.90 Å². The molecule has 2 aromatic rings. The molecule has 2 heterocycles. The van der Waals surface area contributed by atoms with E-state index in [9.17, 15) is 8.42 Å². The molecule has 0 atom stereocenters. The number of hydrogen-bond donors (Lipinski definition) is 1. The minimum atomic E-state index is -3.79. The summed E-state index contributed by atoms with van der Waals surface area (Å²) in [6.45, 7) is 0. The Labute approximate surface area is 126 Å². The first-order chi connectivity index (χ1) is 8.40. The Kier molecular flexibility index (Phi) is 4.18. The van der Waals surface area contributed by atoms with Gasteiger partial charge < -0.3 is 0 Å². The molecule has 96 valence electrons. The van der Waals surface area contributed by atoms with Crippen molar-refractivity contribution >= 4 is 66.3 Å². The van der Waals surface area contributed by atoms with Gasteiger partial charge in [0.2, 0.25) is 0 Å². The van der Waals surface area contributed by atoms with Crippen LogP contribution in [0.25, 0.3) is 0 Å². The number of nitrogens with one attached hydrogen (secondary N) is 1. The number of halogens is 3. The maximum Gasteiger partial charge on any atom is 0.265 e. The number of rotatable bonds is 3. The normalized spacial score (nSPS) is 11.5. The van der Waals surface area contributed by atoms with Crippen LogP contribution < -0.4 is 4.72 Å². The monoisotopic (exact) mass is 386 g/mol. The maximum atomic E-state index is 12.1. The van der Waals surface area contributed by atoms with Crippen molar-refractivity contribution in [2.75, 3.05) is 4.72 Å². The third-order valence-electron chi connectivity index (χ3n) is 1.90. The molecule has 0 unspecified atom stereocenters. The highest BCUT2D eigenvalue weighted by Crippen LogP contribution is 2.35. The molecule has 18 heavy (non-hydrogen) atoms. The second-order valence-corrected chi connectivity index (χ2v) is 7.92. The molecule has 0 spiro atoms. The van der Waals surface area contributed by atoms with E-state index in [1.807, 2.05) is 0 Å². The number of sulfonamides is 1. The quantitative estimate of drug-likeness (QED) is 0.865. The molecule has 1 N–H and O–H groups in total. The summed E-state index contributed by atoms with van der Waals surface area (Å²) in [5.74, 6) is 0.191. The van der Waals surface area contributed by atoms with Crippen LogP contribution in [0.2, 0.25) is 8.67 Å². The number of pyridine rings is 1. The van der Waals surface area contributed by atoms with Crippen molar-refractivity contribution in [1.82, 2.24) is 4.98 Å². The molecule has 0 aliphatic rings. The first-order valence-electron chi connectivity index (χ1n) is 4.48. The third kappa shape index (κ3) is 2.97. The molecule has 2 rings (SSSR count). The van der Waals surface area contributed by atoms with E-state index in [1.165, 1.54) is 12.3 Å². The standard InChI is InChI=1S/C9H5BrCl2N2O2S2/c10-5-2-1-3-13-9(5)14-18(15,16)6-4-7(11)17-8(6)12/h1-4H,(H,13,14). The molecule has 0 aromatic carbocycles. The average Bonchev–Trinajstić information content (AvgIpc) is 2.62. The molecule has 0 bridgehead atoms. The fourth-order valence-corrected chi connectivity index (χ4v) is 4.82. The van der Waals surface area contributed by atoms with Crippen LogP contribution >= 0.6 is 50.5 Å². The van der Waals surface area contributed by atoms with E-state index in [1.54, 1.807) is 12.1 Å². The zero-order valence-corrected chi connectivity index (χ0v) is 13.3. The Hall–Kier alpha value is -0.340. The Bertz CT molecular complexity index is 688. The number of anilines is 1. The fraction of sp³-hybridized carbons (Fsp3) is 0. The lowest BCUT2D eigenvalue weighted by Gasteiger charge is -2.07. The Morgan fingerprint density at radius 2 is 2.11 bits per heavy atom. The molecule has 0 saturated carbocycles. The summed E-state index contributed by atoms with van der Waals surface area (Å²) in [5.41, 5.74) is 0. The van der Waals surface area contributed by atoms with Crippen molar-refractivity contribution in [3.63, 3.8) is 0 Å². The fourth-order valence-electron chi connectivity index (χ4n) is 1.15. The van der Waals surface area contributed by atoms with Gasteiger partial charge in [-0.25, -0.2) is 13.4 Å². The van der Waals surface area contributed by atoms with Gasteiger partial charge in [0.25, 0.3) is 10.0 Å². The summed E-state index contributed by atoms with van der Waals surface area (Å²) >= 11 is 15.7. The van der Waals surface area contributed by atoms with Crippen LogP contribution in [0.4, 0.5) is 5.82 Å². The van der Waals surface area contributed by atoms with Crippen LogP contribution in [0.1, 0.15) is 0 Å². The maximum absolute atomic E-state index is 12.1. The van der Waals surface area contributed by atoms with Gasteiger partial charge in [-0.2, -0.15) is 0 Å². The van der Waals surface area contributed by atoms with E-state index in [0.29, 0.717) is 8.81 Å². The van der Waals surface area contributed by atoms with Gasteiger partial charge in [-0.3, -0.25) is 4.72 Å². The van der Waals surface area contributed by atoms with Gasteiger partial charge in [0.15, 0.2) is 5.82 Å². The second-order valence-electron chi connectivity index (χ2n) is 3.13. The van der Waals surface area contributed by atoms with Crippen LogP contribution in [0, 0.1) is 0 Å². The van der Waals surface area contributed by atoms with E-state index in [0.717, 1.165) is 11.3 Å². The molecule has 0 saturated heterocycles. The topological polar surface area (TPSA) is 59.1 Å². The minimum absolute atomic E-state index is 0.0586. The van der Waals surface area contributed by atoms with Crippen molar-refractivity contribution in [3.8, 4) is 0 Å². The number of aromatic nitrogens is 1. The van der Waals surface area contributed by atoms with E-state index in [4.69, 9.17) is 23.2 Å². The number of nitrogens with zero attached hydrogens (tertiary/aromatic N) is 1. The molecular weight excluding hydrogens is 383 g/mol. The zero-order chi connectivity index (χ0) is 13.3. The first-order valence-corrected chi connectivity index (χ1v) is 8.33. The summed E-state index contributed by atoms with van der Waals surface area (Å²) in [5, 5.41) is 0. The van der Waals surface area contributed by atoms with Crippen LogP contribution in [0.5, 0.6) is 0 Å². The molecule has 2 aromatic heterocycles. The highest BCUT2D eigenvalue weighted by Gasteiger charge is 2.22.